The quantitative estimate of drug-likeness (QED) is 0.797. The molecule has 1 aromatic carbocycles. The van der Waals surface area contributed by atoms with Gasteiger partial charge < -0.3 is 9.84 Å². The van der Waals surface area contributed by atoms with E-state index in [2.05, 4.69) is 0 Å². The lowest BCUT2D eigenvalue weighted by atomic mass is 9.88. The molecule has 1 N–H and O–H groups in total. The summed E-state index contributed by atoms with van der Waals surface area (Å²) in [6.07, 6.45) is 1.26. The van der Waals surface area contributed by atoms with Gasteiger partial charge in [-0.05, 0) is 51.3 Å². The highest BCUT2D eigenvalue weighted by molar-refractivity contribution is 6.32. The molecule has 0 radical (unpaired) electrons. The standard InChI is InChI=1S/C14H19ClO3/c1-10-5-6-11(15)12(9-10)18-8-4-7-14(2,3)13(16)17/h5-6,9H,4,7-8H2,1-3H3,(H,16,17). The van der Waals surface area contributed by atoms with Crippen molar-refractivity contribution in [1.29, 1.82) is 0 Å². The summed E-state index contributed by atoms with van der Waals surface area (Å²) in [4.78, 5) is 10.9. The minimum Gasteiger partial charge on any atom is -0.492 e. The highest BCUT2D eigenvalue weighted by Crippen LogP contribution is 2.26. The van der Waals surface area contributed by atoms with Gasteiger partial charge in [0.05, 0.1) is 17.0 Å². The lowest BCUT2D eigenvalue weighted by molar-refractivity contribution is -0.147. The van der Waals surface area contributed by atoms with Crippen LogP contribution in [0.5, 0.6) is 5.75 Å². The second kappa shape index (κ2) is 6.10. The number of carbonyl (C=O) groups is 1. The molecule has 0 fully saturated rings. The topological polar surface area (TPSA) is 46.5 Å². The molecule has 100 valence electrons. The summed E-state index contributed by atoms with van der Waals surface area (Å²) in [5, 5.41) is 9.56. The fraction of sp³-hybridized carbons (Fsp3) is 0.500. The monoisotopic (exact) mass is 270 g/mol. The zero-order valence-electron chi connectivity index (χ0n) is 11.0. The van der Waals surface area contributed by atoms with Crippen LogP contribution >= 0.6 is 11.6 Å². The van der Waals surface area contributed by atoms with Crippen LogP contribution in [0, 0.1) is 12.3 Å². The highest BCUT2D eigenvalue weighted by Gasteiger charge is 2.26. The van der Waals surface area contributed by atoms with Crippen LogP contribution in [0.3, 0.4) is 0 Å². The van der Waals surface area contributed by atoms with Crippen molar-refractivity contribution < 1.29 is 14.6 Å². The van der Waals surface area contributed by atoms with Crippen LogP contribution < -0.4 is 4.74 Å². The Kier molecular flexibility index (Phi) is 5.03. The van der Waals surface area contributed by atoms with Gasteiger partial charge in [0.1, 0.15) is 5.75 Å². The molecule has 3 nitrogen and oxygen atoms in total. The molecule has 0 spiro atoms. The average molecular weight is 271 g/mol. The first-order valence-corrected chi connectivity index (χ1v) is 6.33. The van der Waals surface area contributed by atoms with E-state index in [0.29, 0.717) is 30.2 Å². The SMILES string of the molecule is Cc1ccc(Cl)c(OCCCC(C)(C)C(=O)O)c1. The minimum atomic E-state index is -0.781. The summed E-state index contributed by atoms with van der Waals surface area (Å²) in [5.74, 6) is -0.124. The summed E-state index contributed by atoms with van der Waals surface area (Å²) in [6.45, 7) is 5.88. The molecule has 0 saturated heterocycles. The maximum Gasteiger partial charge on any atom is 0.309 e. The van der Waals surface area contributed by atoms with Crippen LogP contribution in [0.4, 0.5) is 0 Å². The summed E-state index contributed by atoms with van der Waals surface area (Å²) < 4.78 is 5.57. The molecule has 0 aliphatic carbocycles. The van der Waals surface area contributed by atoms with Crippen molar-refractivity contribution in [2.24, 2.45) is 5.41 Å². The first kappa shape index (κ1) is 14.8. The van der Waals surface area contributed by atoms with Gasteiger partial charge in [-0.15, -0.1) is 0 Å². The number of aliphatic carboxylic acids is 1. The predicted octanol–water partition coefficient (Wildman–Crippen LogP) is 3.92. The number of hydrogen-bond acceptors (Lipinski definition) is 2. The summed E-state index contributed by atoms with van der Waals surface area (Å²) in [5.41, 5.74) is 0.375. The number of halogens is 1. The second-order valence-corrected chi connectivity index (χ2v) is 5.48. The van der Waals surface area contributed by atoms with Crippen LogP contribution in [-0.4, -0.2) is 17.7 Å². The lowest BCUT2D eigenvalue weighted by Crippen LogP contribution is -2.24. The van der Waals surface area contributed by atoms with Gasteiger partial charge in [0, 0.05) is 0 Å². The third kappa shape index (κ3) is 4.22. The smallest absolute Gasteiger partial charge is 0.309 e. The summed E-state index contributed by atoms with van der Waals surface area (Å²) in [6, 6.07) is 5.60. The molecule has 0 unspecified atom stereocenters. The normalized spacial score (nSPS) is 11.3. The number of benzene rings is 1. The fourth-order valence-corrected chi connectivity index (χ4v) is 1.70. The fourth-order valence-electron chi connectivity index (χ4n) is 1.52. The molecule has 1 rings (SSSR count). The van der Waals surface area contributed by atoms with Crippen molar-refractivity contribution in [2.75, 3.05) is 6.61 Å². The first-order chi connectivity index (χ1) is 8.33. The number of rotatable bonds is 6. The predicted molar refractivity (Wildman–Crippen MR) is 72.3 cm³/mol. The number of carboxylic acid groups (broad SMARTS) is 1. The molecule has 0 aliphatic heterocycles. The Morgan fingerprint density at radius 2 is 2.11 bits per heavy atom. The van der Waals surface area contributed by atoms with Gasteiger partial charge in [-0.1, -0.05) is 17.7 Å². The number of aryl methyl sites for hydroxylation is 1. The molecule has 18 heavy (non-hydrogen) atoms. The molecular formula is C14H19ClO3. The van der Waals surface area contributed by atoms with Crippen LogP contribution in [0.25, 0.3) is 0 Å². The molecule has 0 saturated carbocycles. The van der Waals surface area contributed by atoms with Crippen LogP contribution in [0.1, 0.15) is 32.3 Å². The van der Waals surface area contributed by atoms with Crippen molar-refractivity contribution in [2.45, 2.75) is 33.6 Å². The summed E-state index contributed by atoms with van der Waals surface area (Å²) in [7, 11) is 0. The third-order valence-corrected chi connectivity index (χ3v) is 3.18. The molecule has 0 aliphatic rings. The Morgan fingerprint density at radius 1 is 1.44 bits per heavy atom. The van der Waals surface area contributed by atoms with Crippen molar-refractivity contribution in [3.05, 3.63) is 28.8 Å². The lowest BCUT2D eigenvalue weighted by Gasteiger charge is -2.18. The summed E-state index contributed by atoms with van der Waals surface area (Å²) >= 11 is 6.00. The van der Waals surface area contributed by atoms with Gasteiger partial charge in [0.2, 0.25) is 0 Å². The van der Waals surface area contributed by atoms with E-state index in [1.807, 2.05) is 19.1 Å². The van der Waals surface area contributed by atoms with Gasteiger partial charge in [-0.2, -0.15) is 0 Å². The maximum absolute atomic E-state index is 10.9. The van der Waals surface area contributed by atoms with Gasteiger partial charge in [-0.3, -0.25) is 4.79 Å². The van der Waals surface area contributed by atoms with E-state index in [1.165, 1.54) is 0 Å². The van der Waals surface area contributed by atoms with E-state index in [4.69, 9.17) is 21.4 Å². The Morgan fingerprint density at radius 3 is 2.72 bits per heavy atom. The Labute approximate surface area is 113 Å². The zero-order chi connectivity index (χ0) is 13.8. The van der Waals surface area contributed by atoms with Crippen LogP contribution in [0.15, 0.2) is 18.2 Å². The zero-order valence-corrected chi connectivity index (χ0v) is 11.8. The largest absolute Gasteiger partial charge is 0.492 e. The van der Waals surface area contributed by atoms with E-state index < -0.39 is 11.4 Å². The van der Waals surface area contributed by atoms with Crippen molar-refractivity contribution in [1.82, 2.24) is 0 Å². The van der Waals surface area contributed by atoms with Gasteiger partial charge in [0.15, 0.2) is 0 Å². The number of carboxylic acids is 1. The Balaban J connectivity index is 2.43. The highest BCUT2D eigenvalue weighted by atomic mass is 35.5. The Bertz CT molecular complexity index is 427. The van der Waals surface area contributed by atoms with Crippen molar-refractivity contribution in [3.8, 4) is 5.75 Å². The van der Waals surface area contributed by atoms with Gasteiger partial charge in [-0.25, -0.2) is 0 Å². The van der Waals surface area contributed by atoms with Crippen LogP contribution in [0.2, 0.25) is 5.02 Å². The molecule has 0 aromatic heterocycles. The average Bonchev–Trinajstić information content (AvgIpc) is 2.28. The third-order valence-electron chi connectivity index (χ3n) is 2.87. The number of ether oxygens (including phenoxy) is 1. The molecule has 4 heteroatoms. The first-order valence-electron chi connectivity index (χ1n) is 5.95. The van der Waals surface area contributed by atoms with E-state index in [9.17, 15) is 4.79 Å². The van der Waals surface area contributed by atoms with E-state index in [1.54, 1.807) is 19.9 Å². The van der Waals surface area contributed by atoms with Crippen molar-refractivity contribution >= 4 is 17.6 Å². The molecule has 1 aromatic rings. The van der Waals surface area contributed by atoms with Crippen molar-refractivity contribution in [3.63, 3.8) is 0 Å². The molecular weight excluding hydrogens is 252 g/mol. The molecule has 0 atom stereocenters. The minimum absolute atomic E-state index is 0.472. The Hall–Kier alpha value is -1.22. The van der Waals surface area contributed by atoms with Gasteiger partial charge in [0.25, 0.3) is 0 Å². The second-order valence-electron chi connectivity index (χ2n) is 5.07. The van der Waals surface area contributed by atoms with E-state index in [0.717, 1.165) is 5.56 Å². The number of hydrogen-bond donors (Lipinski definition) is 1. The van der Waals surface area contributed by atoms with E-state index in [-0.39, 0.29) is 0 Å². The van der Waals surface area contributed by atoms with E-state index >= 15 is 0 Å². The molecule has 0 amide bonds. The maximum atomic E-state index is 10.9. The molecule has 0 heterocycles. The van der Waals surface area contributed by atoms with Crippen LogP contribution in [-0.2, 0) is 4.79 Å². The molecule has 0 bridgehead atoms. The van der Waals surface area contributed by atoms with Gasteiger partial charge >= 0.3 is 5.97 Å².